The second-order valence-electron chi connectivity index (χ2n) is 5.01. The Morgan fingerprint density at radius 1 is 1.14 bits per heavy atom. The Bertz CT molecular complexity index is 628. The molecule has 2 rings (SSSR count). The fourth-order valence-corrected chi connectivity index (χ4v) is 2.37. The number of likely N-dealkylation sites (N-methyl/N-ethyl adjacent to an activating group) is 1. The molecule has 0 saturated carbocycles. The van der Waals surface area contributed by atoms with Gasteiger partial charge in [0.2, 0.25) is 0 Å². The number of hydrogen-bond donors (Lipinski definition) is 1. The van der Waals surface area contributed by atoms with E-state index >= 15 is 0 Å². The number of nitrogens with one attached hydrogen (secondary N) is 1. The molecule has 0 saturated heterocycles. The van der Waals surface area contributed by atoms with Crippen LogP contribution in [0.5, 0.6) is 5.75 Å². The molecule has 0 bridgehead atoms. The standard InChI is InChI=1S/C17H19F2NO/c1-11-4-6-14(18)8-13(11)10-16(20-2)12-5-7-17(21-3)15(19)9-12/h4-9,16,20H,10H2,1-3H3. The molecule has 112 valence electrons. The van der Waals surface area contributed by atoms with Crippen molar-refractivity contribution >= 4 is 0 Å². The van der Waals surface area contributed by atoms with Crippen molar-refractivity contribution in [2.75, 3.05) is 14.2 Å². The lowest BCUT2D eigenvalue weighted by atomic mass is 9.96. The lowest BCUT2D eigenvalue weighted by Crippen LogP contribution is -2.19. The van der Waals surface area contributed by atoms with Crippen LogP contribution in [-0.4, -0.2) is 14.2 Å². The van der Waals surface area contributed by atoms with E-state index in [9.17, 15) is 8.78 Å². The first-order valence-corrected chi connectivity index (χ1v) is 6.81. The molecule has 2 aromatic carbocycles. The monoisotopic (exact) mass is 291 g/mol. The van der Waals surface area contributed by atoms with Crippen LogP contribution < -0.4 is 10.1 Å². The SMILES string of the molecule is CNC(Cc1cc(F)ccc1C)c1ccc(OC)c(F)c1. The van der Waals surface area contributed by atoms with Crippen LogP contribution in [0.4, 0.5) is 8.78 Å². The molecule has 2 aromatic rings. The summed E-state index contributed by atoms with van der Waals surface area (Å²) in [6, 6.07) is 9.51. The van der Waals surface area contributed by atoms with Gasteiger partial charge in [0.05, 0.1) is 7.11 Å². The molecular formula is C17H19F2NO. The summed E-state index contributed by atoms with van der Waals surface area (Å²) < 4.78 is 32.1. The van der Waals surface area contributed by atoms with E-state index in [1.54, 1.807) is 19.2 Å². The third-order valence-corrected chi connectivity index (χ3v) is 3.66. The largest absolute Gasteiger partial charge is 0.494 e. The molecule has 0 fully saturated rings. The predicted octanol–water partition coefficient (Wildman–Crippen LogP) is 3.79. The first-order chi connectivity index (χ1) is 10.0. The number of hydrogen-bond acceptors (Lipinski definition) is 2. The second-order valence-corrected chi connectivity index (χ2v) is 5.01. The molecule has 1 atom stereocenters. The summed E-state index contributed by atoms with van der Waals surface area (Å²) in [5.41, 5.74) is 2.73. The summed E-state index contributed by atoms with van der Waals surface area (Å²) in [6.45, 7) is 1.94. The molecule has 0 aliphatic heterocycles. The van der Waals surface area contributed by atoms with Crippen molar-refractivity contribution in [3.63, 3.8) is 0 Å². The van der Waals surface area contributed by atoms with Crippen molar-refractivity contribution in [1.29, 1.82) is 0 Å². The summed E-state index contributed by atoms with van der Waals surface area (Å²) >= 11 is 0. The highest BCUT2D eigenvalue weighted by Gasteiger charge is 2.14. The first-order valence-electron chi connectivity index (χ1n) is 6.81. The first kappa shape index (κ1) is 15.4. The van der Waals surface area contributed by atoms with E-state index in [0.717, 1.165) is 16.7 Å². The maximum Gasteiger partial charge on any atom is 0.165 e. The minimum absolute atomic E-state index is 0.0918. The quantitative estimate of drug-likeness (QED) is 0.905. The summed E-state index contributed by atoms with van der Waals surface area (Å²) in [5, 5.41) is 3.15. The zero-order valence-electron chi connectivity index (χ0n) is 12.4. The highest BCUT2D eigenvalue weighted by Crippen LogP contribution is 2.25. The highest BCUT2D eigenvalue weighted by molar-refractivity contribution is 5.33. The van der Waals surface area contributed by atoms with Crippen molar-refractivity contribution in [2.24, 2.45) is 0 Å². The molecule has 21 heavy (non-hydrogen) atoms. The maximum absolute atomic E-state index is 13.8. The Kier molecular flexibility index (Phi) is 4.91. The average molecular weight is 291 g/mol. The summed E-state index contributed by atoms with van der Waals surface area (Å²) in [5.74, 6) is -0.437. The fourth-order valence-electron chi connectivity index (χ4n) is 2.37. The van der Waals surface area contributed by atoms with E-state index in [4.69, 9.17) is 4.74 Å². The lowest BCUT2D eigenvalue weighted by molar-refractivity contribution is 0.385. The van der Waals surface area contributed by atoms with Gasteiger partial charge in [-0.15, -0.1) is 0 Å². The van der Waals surface area contributed by atoms with Gasteiger partial charge in [0.15, 0.2) is 11.6 Å². The van der Waals surface area contributed by atoms with E-state index in [1.807, 2.05) is 13.0 Å². The van der Waals surface area contributed by atoms with Gasteiger partial charge in [0.25, 0.3) is 0 Å². The van der Waals surface area contributed by atoms with Crippen LogP contribution in [0.2, 0.25) is 0 Å². The van der Waals surface area contributed by atoms with Crippen molar-refractivity contribution in [3.05, 3.63) is 64.7 Å². The number of ether oxygens (including phenoxy) is 1. The van der Waals surface area contributed by atoms with Crippen LogP contribution >= 0.6 is 0 Å². The van der Waals surface area contributed by atoms with E-state index in [1.165, 1.54) is 25.3 Å². The van der Waals surface area contributed by atoms with E-state index in [-0.39, 0.29) is 17.6 Å². The lowest BCUT2D eigenvalue weighted by Gasteiger charge is -2.19. The Morgan fingerprint density at radius 3 is 2.52 bits per heavy atom. The molecule has 0 spiro atoms. The molecule has 0 amide bonds. The van der Waals surface area contributed by atoms with Crippen LogP contribution in [0, 0.1) is 18.6 Å². The number of aryl methyl sites for hydroxylation is 1. The summed E-state index contributed by atoms with van der Waals surface area (Å²) in [7, 11) is 3.24. The Balaban J connectivity index is 2.27. The van der Waals surface area contributed by atoms with Gasteiger partial charge in [-0.3, -0.25) is 0 Å². The van der Waals surface area contributed by atoms with Crippen LogP contribution in [-0.2, 0) is 6.42 Å². The van der Waals surface area contributed by atoms with Gasteiger partial charge in [0.1, 0.15) is 5.82 Å². The molecule has 0 aromatic heterocycles. The van der Waals surface area contributed by atoms with Crippen molar-refractivity contribution in [2.45, 2.75) is 19.4 Å². The highest BCUT2D eigenvalue weighted by atomic mass is 19.1. The Hall–Kier alpha value is -1.94. The van der Waals surface area contributed by atoms with E-state index in [2.05, 4.69) is 5.32 Å². The normalized spacial score (nSPS) is 12.2. The van der Waals surface area contributed by atoms with Gasteiger partial charge >= 0.3 is 0 Å². The van der Waals surface area contributed by atoms with Crippen LogP contribution in [0.1, 0.15) is 22.7 Å². The molecule has 1 N–H and O–H groups in total. The van der Waals surface area contributed by atoms with Gasteiger partial charge < -0.3 is 10.1 Å². The molecular weight excluding hydrogens is 272 g/mol. The number of methoxy groups -OCH3 is 1. The Labute approximate surface area is 123 Å². The van der Waals surface area contributed by atoms with Crippen molar-refractivity contribution < 1.29 is 13.5 Å². The van der Waals surface area contributed by atoms with Gasteiger partial charge in [-0.25, -0.2) is 8.78 Å². The third kappa shape index (κ3) is 3.58. The molecule has 0 radical (unpaired) electrons. The van der Waals surface area contributed by atoms with Crippen LogP contribution in [0.3, 0.4) is 0 Å². The minimum Gasteiger partial charge on any atom is -0.494 e. The minimum atomic E-state index is -0.397. The smallest absolute Gasteiger partial charge is 0.165 e. The number of benzene rings is 2. The van der Waals surface area contributed by atoms with Gasteiger partial charge in [-0.1, -0.05) is 12.1 Å². The second kappa shape index (κ2) is 6.68. The summed E-state index contributed by atoms with van der Waals surface area (Å²) in [4.78, 5) is 0. The molecule has 0 aliphatic rings. The average Bonchev–Trinajstić information content (AvgIpc) is 2.48. The molecule has 0 aliphatic carbocycles. The van der Waals surface area contributed by atoms with Crippen LogP contribution in [0.25, 0.3) is 0 Å². The maximum atomic E-state index is 13.8. The predicted molar refractivity (Wildman–Crippen MR) is 79.6 cm³/mol. The van der Waals surface area contributed by atoms with E-state index < -0.39 is 5.82 Å². The number of rotatable bonds is 5. The van der Waals surface area contributed by atoms with Crippen molar-refractivity contribution in [3.8, 4) is 5.75 Å². The summed E-state index contributed by atoms with van der Waals surface area (Å²) in [6.07, 6.45) is 0.589. The third-order valence-electron chi connectivity index (χ3n) is 3.66. The zero-order valence-corrected chi connectivity index (χ0v) is 12.4. The van der Waals surface area contributed by atoms with Crippen LogP contribution in [0.15, 0.2) is 36.4 Å². The molecule has 2 nitrogen and oxygen atoms in total. The van der Waals surface area contributed by atoms with Gasteiger partial charge in [0, 0.05) is 6.04 Å². The zero-order chi connectivity index (χ0) is 15.4. The number of halogens is 2. The van der Waals surface area contributed by atoms with Gasteiger partial charge in [-0.2, -0.15) is 0 Å². The van der Waals surface area contributed by atoms with Gasteiger partial charge in [-0.05, 0) is 61.3 Å². The molecule has 1 unspecified atom stereocenters. The Morgan fingerprint density at radius 2 is 1.90 bits per heavy atom. The van der Waals surface area contributed by atoms with Crippen molar-refractivity contribution in [1.82, 2.24) is 5.32 Å². The van der Waals surface area contributed by atoms with E-state index in [0.29, 0.717) is 6.42 Å². The molecule has 4 heteroatoms. The molecule has 0 heterocycles. The fraction of sp³-hybridized carbons (Fsp3) is 0.294. The topological polar surface area (TPSA) is 21.3 Å².